The van der Waals surface area contributed by atoms with E-state index in [0.717, 1.165) is 11.9 Å². The largest absolute Gasteiger partial charge is 0.399 e. The minimum atomic E-state index is -3.48. The van der Waals surface area contributed by atoms with Crippen molar-refractivity contribution < 1.29 is 13.2 Å². The van der Waals surface area contributed by atoms with Crippen molar-refractivity contribution in [2.45, 2.75) is 11.3 Å². The van der Waals surface area contributed by atoms with Crippen LogP contribution in [0, 0.1) is 5.92 Å². The SMILES string of the molecule is COCC1CCN(S(=O)(=O)c2c[nH]c3cc(N)ccc23)C1. The highest BCUT2D eigenvalue weighted by atomic mass is 32.2. The summed E-state index contributed by atoms with van der Waals surface area (Å²) in [5.41, 5.74) is 7.07. The summed E-state index contributed by atoms with van der Waals surface area (Å²) in [4.78, 5) is 3.30. The lowest BCUT2D eigenvalue weighted by Gasteiger charge is -2.16. The maximum Gasteiger partial charge on any atom is 0.245 e. The van der Waals surface area contributed by atoms with E-state index in [4.69, 9.17) is 10.5 Å². The molecule has 1 atom stereocenters. The molecule has 0 spiro atoms. The lowest BCUT2D eigenvalue weighted by atomic mass is 10.1. The molecule has 6 nitrogen and oxygen atoms in total. The molecule has 0 aliphatic carbocycles. The summed E-state index contributed by atoms with van der Waals surface area (Å²) in [6.45, 7) is 1.65. The minimum Gasteiger partial charge on any atom is -0.399 e. The molecule has 0 bridgehead atoms. The first-order valence-electron chi connectivity index (χ1n) is 6.88. The maximum atomic E-state index is 12.8. The van der Waals surface area contributed by atoms with Crippen LogP contribution in [-0.2, 0) is 14.8 Å². The van der Waals surface area contributed by atoms with E-state index in [1.165, 1.54) is 4.31 Å². The first kappa shape index (κ1) is 14.4. The van der Waals surface area contributed by atoms with Gasteiger partial charge in [-0.1, -0.05) is 0 Å². The Hall–Kier alpha value is -1.57. The normalized spacial score (nSPS) is 20.3. The predicted octanol–water partition coefficient (Wildman–Crippen LogP) is 1.41. The highest BCUT2D eigenvalue weighted by molar-refractivity contribution is 7.89. The van der Waals surface area contributed by atoms with Crippen molar-refractivity contribution in [2.75, 3.05) is 32.5 Å². The number of aromatic amines is 1. The van der Waals surface area contributed by atoms with E-state index in [9.17, 15) is 8.42 Å². The lowest BCUT2D eigenvalue weighted by Crippen LogP contribution is -2.29. The average molecular weight is 309 g/mol. The monoisotopic (exact) mass is 309 g/mol. The van der Waals surface area contributed by atoms with Crippen LogP contribution in [0.3, 0.4) is 0 Å². The third kappa shape index (κ3) is 2.52. The zero-order chi connectivity index (χ0) is 15.0. The van der Waals surface area contributed by atoms with Gasteiger partial charge in [0.2, 0.25) is 10.0 Å². The highest BCUT2D eigenvalue weighted by Crippen LogP contribution is 2.30. The van der Waals surface area contributed by atoms with Gasteiger partial charge in [0.1, 0.15) is 4.90 Å². The van der Waals surface area contributed by atoms with E-state index in [1.54, 1.807) is 31.5 Å². The van der Waals surface area contributed by atoms with E-state index in [0.29, 0.717) is 35.7 Å². The molecule has 7 heteroatoms. The number of aromatic nitrogens is 1. The zero-order valence-corrected chi connectivity index (χ0v) is 12.7. The predicted molar refractivity (Wildman–Crippen MR) is 81.5 cm³/mol. The number of nitrogens with two attached hydrogens (primary N) is 1. The number of nitrogens with zero attached hydrogens (tertiary/aromatic N) is 1. The standard InChI is InChI=1S/C14H19N3O3S/c1-20-9-10-4-5-17(8-10)21(18,19)14-7-16-13-6-11(15)2-3-12(13)14/h2-3,6-7,10,16H,4-5,8-9,15H2,1H3. The topological polar surface area (TPSA) is 88.4 Å². The fourth-order valence-electron chi connectivity index (χ4n) is 2.86. The Kier molecular flexibility index (Phi) is 3.64. The summed E-state index contributed by atoms with van der Waals surface area (Å²) in [5, 5.41) is 0.680. The molecule has 2 aromatic rings. The molecule has 1 fully saturated rings. The van der Waals surface area contributed by atoms with Gasteiger partial charge in [-0.25, -0.2) is 8.42 Å². The third-order valence-corrected chi connectivity index (χ3v) is 5.84. The second kappa shape index (κ2) is 5.32. The van der Waals surface area contributed by atoms with Crippen LogP contribution < -0.4 is 5.73 Å². The van der Waals surface area contributed by atoms with Crippen LogP contribution in [0.2, 0.25) is 0 Å². The van der Waals surface area contributed by atoms with E-state index >= 15 is 0 Å². The molecule has 0 radical (unpaired) electrons. The summed E-state index contributed by atoms with van der Waals surface area (Å²) in [7, 11) is -1.84. The lowest BCUT2D eigenvalue weighted by molar-refractivity contribution is 0.157. The number of methoxy groups -OCH3 is 1. The van der Waals surface area contributed by atoms with Gasteiger partial charge in [-0.2, -0.15) is 4.31 Å². The first-order valence-corrected chi connectivity index (χ1v) is 8.32. The molecule has 1 aliphatic heterocycles. The number of hydrogen-bond donors (Lipinski definition) is 2. The van der Waals surface area contributed by atoms with Gasteiger partial charge in [0, 0.05) is 43.0 Å². The van der Waals surface area contributed by atoms with Crippen molar-refractivity contribution in [2.24, 2.45) is 5.92 Å². The minimum absolute atomic E-state index is 0.269. The number of benzene rings is 1. The number of sulfonamides is 1. The molecule has 1 aromatic heterocycles. The molecule has 21 heavy (non-hydrogen) atoms. The Bertz CT molecular complexity index is 754. The van der Waals surface area contributed by atoms with Gasteiger partial charge in [-0.15, -0.1) is 0 Å². The van der Waals surface area contributed by atoms with Crippen molar-refractivity contribution >= 4 is 26.6 Å². The molecular weight excluding hydrogens is 290 g/mol. The van der Waals surface area contributed by atoms with Gasteiger partial charge in [-0.05, 0) is 30.5 Å². The number of nitrogen functional groups attached to an aromatic ring is 1. The summed E-state index contributed by atoms with van der Waals surface area (Å²) in [6.07, 6.45) is 2.38. The molecular formula is C14H19N3O3S. The van der Waals surface area contributed by atoms with E-state index in [2.05, 4.69) is 4.98 Å². The van der Waals surface area contributed by atoms with E-state index in [-0.39, 0.29) is 5.92 Å². The Morgan fingerprint density at radius 2 is 2.29 bits per heavy atom. The van der Waals surface area contributed by atoms with Gasteiger partial charge in [0.05, 0.1) is 6.61 Å². The molecule has 1 aliphatic rings. The number of rotatable bonds is 4. The van der Waals surface area contributed by atoms with Gasteiger partial charge >= 0.3 is 0 Å². The highest BCUT2D eigenvalue weighted by Gasteiger charge is 2.33. The summed E-state index contributed by atoms with van der Waals surface area (Å²) in [6, 6.07) is 5.20. The van der Waals surface area contributed by atoms with Crippen molar-refractivity contribution in [3.63, 3.8) is 0 Å². The summed E-state index contributed by atoms with van der Waals surface area (Å²) < 4.78 is 32.2. The Morgan fingerprint density at radius 3 is 3.05 bits per heavy atom. The van der Waals surface area contributed by atoms with Gasteiger partial charge in [-0.3, -0.25) is 0 Å². The second-order valence-corrected chi connectivity index (χ2v) is 7.34. The fraction of sp³-hybridized carbons (Fsp3) is 0.429. The van der Waals surface area contributed by atoms with Crippen molar-refractivity contribution in [1.82, 2.24) is 9.29 Å². The van der Waals surface area contributed by atoms with E-state index in [1.807, 2.05) is 0 Å². The smallest absolute Gasteiger partial charge is 0.245 e. The number of ether oxygens (including phenoxy) is 1. The van der Waals surface area contributed by atoms with Crippen LogP contribution in [0.1, 0.15) is 6.42 Å². The summed E-state index contributed by atoms with van der Waals surface area (Å²) in [5.74, 6) is 0.269. The Labute approximate surface area is 123 Å². The van der Waals surface area contributed by atoms with Crippen molar-refractivity contribution in [3.8, 4) is 0 Å². The third-order valence-electron chi connectivity index (χ3n) is 3.94. The molecule has 3 rings (SSSR count). The maximum absolute atomic E-state index is 12.8. The van der Waals surface area contributed by atoms with Gasteiger partial charge in [0.25, 0.3) is 0 Å². The van der Waals surface area contributed by atoms with Crippen LogP contribution in [0.15, 0.2) is 29.3 Å². The van der Waals surface area contributed by atoms with Gasteiger partial charge < -0.3 is 15.5 Å². The fourth-order valence-corrected chi connectivity index (χ4v) is 4.55. The van der Waals surface area contributed by atoms with Crippen LogP contribution in [0.25, 0.3) is 10.9 Å². The van der Waals surface area contributed by atoms with Crippen molar-refractivity contribution in [1.29, 1.82) is 0 Å². The molecule has 114 valence electrons. The summed E-state index contributed by atoms with van der Waals surface area (Å²) >= 11 is 0. The molecule has 2 heterocycles. The van der Waals surface area contributed by atoms with Crippen LogP contribution in [0.5, 0.6) is 0 Å². The molecule has 0 saturated carbocycles. The first-order chi connectivity index (χ1) is 10.0. The van der Waals surface area contributed by atoms with Crippen LogP contribution in [0.4, 0.5) is 5.69 Å². The van der Waals surface area contributed by atoms with Gasteiger partial charge in [0.15, 0.2) is 0 Å². The van der Waals surface area contributed by atoms with Crippen molar-refractivity contribution in [3.05, 3.63) is 24.4 Å². The number of anilines is 1. The molecule has 1 unspecified atom stereocenters. The number of hydrogen-bond acceptors (Lipinski definition) is 4. The Balaban J connectivity index is 1.94. The number of fused-ring (bicyclic) bond motifs is 1. The zero-order valence-electron chi connectivity index (χ0n) is 11.9. The molecule has 1 aromatic carbocycles. The Morgan fingerprint density at radius 1 is 1.48 bits per heavy atom. The average Bonchev–Trinajstić information content (AvgIpc) is 3.05. The van der Waals surface area contributed by atoms with Crippen LogP contribution in [-0.4, -0.2) is 44.5 Å². The molecule has 0 amide bonds. The number of nitrogens with one attached hydrogen (secondary N) is 1. The molecule has 1 saturated heterocycles. The number of H-pyrrole nitrogens is 1. The van der Waals surface area contributed by atoms with Crippen LogP contribution >= 0.6 is 0 Å². The quantitative estimate of drug-likeness (QED) is 0.836. The second-order valence-electron chi connectivity index (χ2n) is 5.43. The molecule has 3 N–H and O–H groups in total. The van der Waals surface area contributed by atoms with E-state index < -0.39 is 10.0 Å².